The molecule has 0 unspecified atom stereocenters. The molecule has 0 N–H and O–H groups in total. The van der Waals surface area contributed by atoms with Crippen LogP contribution in [-0.4, -0.2) is 32.1 Å². The lowest BCUT2D eigenvalue weighted by Crippen LogP contribution is -2.24. The van der Waals surface area contributed by atoms with Crippen LogP contribution in [0.25, 0.3) is 6.08 Å². The van der Waals surface area contributed by atoms with Gasteiger partial charge in [0.05, 0.1) is 14.2 Å². The summed E-state index contributed by atoms with van der Waals surface area (Å²) in [5, 5.41) is 0. The monoisotopic (exact) mass is 403 g/mol. The third-order valence-electron chi connectivity index (χ3n) is 3.82. The molecule has 4 nitrogen and oxygen atoms in total. The van der Waals surface area contributed by atoms with E-state index in [9.17, 15) is 4.79 Å². The normalized spacial score (nSPS) is 10.8. The van der Waals surface area contributed by atoms with E-state index in [-0.39, 0.29) is 5.91 Å². The topological polar surface area (TPSA) is 38.8 Å². The summed E-state index contributed by atoms with van der Waals surface area (Å²) in [6.07, 6.45) is 3.31. The quantitative estimate of drug-likeness (QED) is 0.668. The number of hydrogen-bond donors (Lipinski definition) is 0. The van der Waals surface area contributed by atoms with Crippen molar-refractivity contribution in [2.75, 3.05) is 21.3 Å². The Kier molecular flexibility index (Phi) is 6.65. The maximum Gasteiger partial charge on any atom is 0.246 e. The second-order valence-corrected chi connectivity index (χ2v) is 6.64. The fourth-order valence-electron chi connectivity index (χ4n) is 2.49. The third kappa shape index (κ3) is 5.10. The molecule has 0 heterocycles. The Bertz CT molecular complexity index is 787. The van der Waals surface area contributed by atoms with Crippen molar-refractivity contribution in [3.05, 3.63) is 63.6 Å². The summed E-state index contributed by atoms with van der Waals surface area (Å²) in [6, 6.07) is 11.6. The lowest BCUT2D eigenvalue weighted by molar-refractivity contribution is -0.125. The highest BCUT2D eigenvalue weighted by Gasteiger charge is 2.10. The number of aryl methyl sites for hydroxylation is 1. The van der Waals surface area contributed by atoms with Gasteiger partial charge in [0.2, 0.25) is 5.91 Å². The number of halogens is 1. The zero-order chi connectivity index (χ0) is 18.4. The van der Waals surface area contributed by atoms with Gasteiger partial charge in [-0.2, -0.15) is 0 Å². The van der Waals surface area contributed by atoms with Crippen LogP contribution in [0.1, 0.15) is 16.7 Å². The van der Waals surface area contributed by atoms with E-state index in [1.165, 1.54) is 0 Å². The number of carbonyl (C=O) groups excluding carboxylic acids is 1. The van der Waals surface area contributed by atoms with Gasteiger partial charge in [0.15, 0.2) is 0 Å². The van der Waals surface area contributed by atoms with Crippen molar-refractivity contribution >= 4 is 27.9 Å². The van der Waals surface area contributed by atoms with Crippen LogP contribution in [0, 0.1) is 6.92 Å². The van der Waals surface area contributed by atoms with E-state index in [1.54, 1.807) is 38.3 Å². The average Bonchev–Trinajstić information content (AvgIpc) is 2.60. The highest BCUT2D eigenvalue weighted by atomic mass is 79.9. The van der Waals surface area contributed by atoms with E-state index >= 15 is 0 Å². The Morgan fingerprint density at radius 1 is 1.12 bits per heavy atom. The summed E-state index contributed by atoms with van der Waals surface area (Å²) < 4.78 is 11.6. The molecule has 0 radical (unpaired) electrons. The first kappa shape index (κ1) is 19.1. The fourth-order valence-corrected chi connectivity index (χ4v) is 2.87. The molecule has 0 spiro atoms. The first-order valence-corrected chi connectivity index (χ1v) is 8.64. The second kappa shape index (κ2) is 8.72. The zero-order valence-electron chi connectivity index (χ0n) is 14.9. The SMILES string of the molecule is COc1ccc(Br)cc1/C=C/C(=O)N(C)Cc1cc(C)ccc1OC. The maximum absolute atomic E-state index is 12.4. The Morgan fingerprint density at radius 3 is 2.48 bits per heavy atom. The van der Waals surface area contributed by atoms with Gasteiger partial charge >= 0.3 is 0 Å². The number of hydrogen-bond acceptors (Lipinski definition) is 3. The number of likely N-dealkylation sites (N-methyl/N-ethyl adjacent to an activating group) is 1. The Morgan fingerprint density at radius 2 is 1.80 bits per heavy atom. The van der Waals surface area contributed by atoms with Crippen LogP contribution in [0.4, 0.5) is 0 Å². The summed E-state index contributed by atoms with van der Waals surface area (Å²) in [5.74, 6) is 1.41. The van der Waals surface area contributed by atoms with Crippen LogP contribution in [-0.2, 0) is 11.3 Å². The molecule has 2 rings (SSSR count). The van der Waals surface area contributed by atoms with E-state index in [2.05, 4.69) is 15.9 Å². The van der Waals surface area contributed by atoms with Crippen molar-refractivity contribution < 1.29 is 14.3 Å². The predicted molar refractivity (Wildman–Crippen MR) is 104 cm³/mol. The summed E-state index contributed by atoms with van der Waals surface area (Å²) in [6.45, 7) is 2.49. The fraction of sp³-hybridized carbons (Fsp3) is 0.250. The summed E-state index contributed by atoms with van der Waals surface area (Å²) >= 11 is 3.43. The van der Waals surface area contributed by atoms with Crippen molar-refractivity contribution in [1.82, 2.24) is 4.90 Å². The molecule has 132 valence electrons. The van der Waals surface area contributed by atoms with Gasteiger partial charge in [-0.1, -0.05) is 33.6 Å². The smallest absolute Gasteiger partial charge is 0.246 e. The van der Waals surface area contributed by atoms with Gasteiger partial charge in [-0.15, -0.1) is 0 Å². The van der Waals surface area contributed by atoms with E-state index in [4.69, 9.17) is 9.47 Å². The molecular weight excluding hydrogens is 382 g/mol. The van der Waals surface area contributed by atoms with Crippen LogP contribution in [0.15, 0.2) is 46.9 Å². The highest BCUT2D eigenvalue weighted by Crippen LogP contribution is 2.24. The number of methoxy groups -OCH3 is 2. The first-order chi connectivity index (χ1) is 11.9. The van der Waals surface area contributed by atoms with Crippen LogP contribution in [0.3, 0.4) is 0 Å². The molecule has 0 aliphatic carbocycles. The Hall–Kier alpha value is -2.27. The van der Waals surface area contributed by atoms with Crippen LogP contribution in [0.2, 0.25) is 0 Å². The van der Waals surface area contributed by atoms with Crippen LogP contribution >= 0.6 is 15.9 Å². The van der Waals surface area contributed by atoms with Gasteiger partial charge < -0.3 is 14.4 Å². The van der Waals surface area contributed by atoms with Gasteiger partial charge in [0.1, 0.15) is 11.5 Å². The van der Waals surface area contributed by atoms with Crippen LogP contribution < -0.4 is 9.47 Å². The average molecular weight is 404 g/mol. The number of benzene rings is 2. The van der Waals surface area contributed by atoms with Gasteiger partial charge in [0.25, 0.3) is 0 Å². The minimum absolute atomic E-state index is 0.0920. The molecule has 5 heteroatoms. The lowest BCUT2D eigenvalue weighted by atomic mass is 10.1. The van der Waals surface area contributed by atoms with Gasteiger partial charge in [0, 0.05) is 35.3 Å². The highest BCUT2D eigenvalue weighted by molar-refractivity contribution is 9.10. The first-order valence-electron chi connectivity index (χ1n) is 7.85. The van der Waals surface area contributed by atoms with Gasteiger partial charge in [-0.05, 0) is 37.3 Å². The molecule has 25 heavy (non-hydrogen) atoms. The number of nitrogens with zero attached hydrogens (tertiary/aromatic N) is 1. The summed E-state index contributed by atoms with van der Waals surface area (Å²) in [5.41, 5.74) is 2.95. The predicted octanol–water partition coefficient (Wildman–Crippen LogP) is 4.45. The minimum atomic E-state index is -0.0920. The number of carbonyl (C=O) groups is 1. The van der Waals surface area contributed by atoms with E-state index in [1.807, 2.05) is 43.3 Å². The van der Waals surface area contributed by atoms with Gasteiger partial charge in [-0.3, -0.25) is 4.79 Å². The number of amides is 1. The third-order valence-corrected chi connectivity index (χ3v) is 4.31. The number of rotatable bonds is 6. The molecule has 0 aliphatic rings. The van der Waals surface area contributed by atoms with Crippen LogP contribution in [0.5, 0.6) is 11.5 Å². The molecule has 0 bridgehead atoms. The van der Waals surface area contributed by atoms with Gasteiger partial charge in [-0.25, -0.2) is 0 Å². The Balaban J connectivity index is 2.13. The van der Waals surface area contributed by atoms with Crippen molar-refractivity contribution in [1.29, 1.82) is 0 Å². The van der Waals surface area contributed by atoms with Crippen molar-refractivity contribution in [2.24, 2.45) is 0 Å². The summed E-state index contributed by atoms with van der Waals surface area (Å²) in [7, 11) is 5.01. The molecule has 0 aliphatic heterocycles. The molecular formula is C20H22BrNO3. The molecule has 0 atom stereocenters. The lowest BCUT2D eigenvalue weighted by Gasteiger charge is -2.18. The molecule has 0 fully saturated rings. The molecule has 2 aromatic rings. The molecule has 0 saturated carbocycles. The van der Waals surface area contributed by atoms with Crippen molar-refractivity contribution in [3.8, 4) is 11.5 Å². The second-order valence-electron chi connectivity index (χ2n) is 5.73. The van der Waals surface area contributed by atoms with E-state index < -0.39 is 0 Å². The minimum Gasteiger partial charge on any atom is -0.496 e. The maximum atomic E-state index is 12.4. The molecule has 0 aromatic heterocycles. The number of ether oxygens (including phenoxy) is 2. The van der Waals surface area contributed by atoms with E-state index in [0.29, 0.717) is 6.54 Å². The van der Waals surface area contributed by atoms with Crippen molar-refractivity contribution in [2.45, 2.75) is 13.5 Å². The Labute approximate surface area is 157 Å². The zero-order valence-corrected chi connectivity index (χ0v) is 16.5. The largest absolute Gasteiger partial charge is 0.496 e. The standard InChI is InChI=1S/C20H22BrNO3/c1-14-5-8-19(25-4)16(11-14)13-22(2)20(23)10-6-15-12-17(21)7-9-18(15)24-3/h5-12H,13H2,1-4H3/b10-6+. The summed E-state index contributed by atoms with van der Waals surface area (Å²) in [4.78, 5) is 14.1. The van der Waals surface area contributed by atoms with E-state index in [0.717, 1.165) is 32.7 Å². The molecule has 1 amide bonds. The molecule has 2 aromatic carbocycles. The molecule has 0 saturated heterocycles. The van der Waals surface area contributed by atoms with Crippen molar-refractivity contribution in [3.63, 3.8) is 0 Å².